The third-order valence-electron chi connectivity index (χ3n) is 10.5. The molecule has 9 aromatic rings. The highest BCUT2D eigenvalue weighted by atomic mass is 32.1. The topological polar surface area (TPSA) is 38.7 Å². The third-order valence-corrected chi connectivity index (χ3v) is 11.7. The van der Waals surface area contributed by atoms with Gasteiger partial charge in [-0.05, 0) is 74.8 Å². The van der Waals surface area contributed by atoms with Crippen LogP contribution in [0, 0.1) is 0 Å². The first-order valence-electron chi connectivity index (χ1n) is 17.7. The standard InChI is InChI=1S/C48H33N3S/c1-48(2)40-21-10-9-19-36(40)37-25-23-35(29-41(37)48)33-18-11-17-32(27-33)34-24-26-42-39(28-34)44-38(20-12-22-43(44)52-42)47-50-45(30-13-5-3-6-14-30)49-46(51-47)31-15-7-4-8-16-31/h3-29H,1-2H3. The highest BCUT2D eigenvalue weighted by Gasteiger charge is 2.35. The molecule has 246 valence electrons. The molecule has 10 rings (SSSR count). The summed E-state index contributed by atoms with van der Waals surface area (Å²) < 4.78 is 2.45. The quantitative estimate of drug-likeness (QED) is 0.181. The lowest BCUT2D eigenvalue weighted by molar-refractivity contribution is 0.660. The zero-order valence-corrected chi connectivity index (χ0v) is 29.7. The first kappa shape index (κ1) is 30.6. The van der Waals surface area contributed by atoms with Crippen LogP contribution in [0.2, 0.25) is 0 Å². The Balaban J connectivity index is 1.09. The predicted molar refractivity (Wildman–Crippen MR) is 217 cm³/mol. The van der Waals surface area contributed by atoms with Crippen LogP contribution in [0.3, 0.4) is 0 Å². The summed E-state index contributed by atoms with van der Waals surface area (Å²) in [7, 11) is 0. The summed E-state index contributed by atoms with van der Waals surface area (Å²) in [5, 5.41) is 2.38. The van der Waals surface area contributed by atoms with Crippen molar-refractivity contribution in [3.05, 3.63) is 175 Å². The van der Waals surface area contributed by atoms with Crippen molar-refractivity contribution >= 4 is 31.5 Å². The van der Waals surface area contributed by atoms with Crippen LogP contribution in [0.4, 0.5) is 0 Å². The minimum Gasteiger partial charge on any atom is -0.208 e. The lowest BCUT2D eigenvalue weighted by atomic mass is 9.81. The molecule has 0 spiro atoms. The number of aromatic nitrogens is 3. The van der Waals surface area contributed by atoms with Crippen LogP contribution in [-0.2, 0) is 5.41 Å². The van der Waals surface area contributed by atoms with Crippen molar-refractivity contribution in [1.29, 1.82) is 0 Å². The van der Waals surface area contributed by atoms with Crippen LogP contribution in [0.15, 0.2) is 164 Å². The Morgan fingerprint density at radius 3 is 1.65 bits per heavy atom. The van der Waals surface area contributed by atoms with Gasteiger partial charge in [0.2, 0.25) is 0 Å². The summed E-state index contributed by atoms with van der Waals surface area (Å²) in [5.41, 5.74) is 13.2. The van der Waals surface area contributed by atoms with Crippen molar-refractivity contribution < 1.29 is 0 Å². The predicted octanol–water partition coefficient (Wildman–Crippen LogP) is 12.9. The molecule has 0 fully saturated rings. The molecule has 4 heteroatoms. The van der Waals surface area contributed by atoms with Crippen molar-refractivity contribution in [3.8, 4) is 67.5 Å². The summed E-state index contributed by atoms with van der Waals surface area (Å²) in [6.45, 7) is 4.68. The van der Waals surface area contributed by atoms with Crippen molar-refractivity contribution in [2.75, 3.05) is 0 Å². The van der Waals surface area contributed by atoms with E-state index in [2.05, 4.69) is 141 Å². The fourth-order valence-corrected chi connectivity index (χ4v) is 9.00. The van der Waals surface area contributed by atoms with Gasteiger partial charge in [0.05, 0.1) is 0 Å². The first-order valence-corrected chi connectivity index (χ1v) is 18.5. The summed E-state index contributed by atoms with van der Waals surface area (Å²) in [4.78, 5) is 15.1. The smallest absolute Gasteiger partial charge is 0.164 e. The first-order chi connectivity index (χ1) is 25.5. The zero-order valence-electron chi connectivity index (χ0n) is 28.8. The van der Waals surface area contributed by atoms with Gasteiger partial charge in [0.1, 0.15) is 0 Å². The van der Waals surface area contributed by atoms with Crippen LogP contribution in [0.1, 0.15) is 25.0 Å². The third kappa shape index (κ3) is 4.98. The molecule has 3 nitrogen and oxygen atoms in total. The van der Waals surface area contributed by atoms with E-state index >= 15 is 0 Å². The number of thiophene rings is 1. The molecule has 0 saturated carbocycles. The summed E-state index contributed by atoms with van der Waals surface area (Å²) in [6, 6.07) is 58.4. The Kier molecular flexibility index (Phi) is 7.02. The van der Waals surface area contributed by atoms with E-state index in [4.69, 9.17) is 15.0 Å². The summed E-state index contributed by atoms with van der Waals surface area (Å²) >= 11 is 1.81. The van der Waals surface area contributed by atoms with E-state index in [9.17, 15) is 0 Å². The molecule has 0 N–H and O–H groups in total. The molecule has 52 heavy (non-hydrogen) atoms. The molecule has 0 radical (unpaired) electrons. The zero-order chi connectivity index (χ0) is 34.8. The molecule has 0 unspecified atom stereocenters. The van der Waals surface area contributed by atoms with E-state index < -0.39 is 0 Å². The number of benzene rings is 7. The molecule has 7 aromatic carbocycles. The average Bonchev–Trinajstić information content (AvgIpc) is 3.70. The van der Waals surface area contributed by atoms with Crippen LogP contribution in [-0.4, -0.2) is 15.0 Å². The van der Waals surface area contributed by atoms with Crippen LogP contribution >= 0.6 is 11.3 Å². The van der Waals surface area contributed by atoms with Crippen molar-refractivity contribution in [2.24, 2.45) is 0 Å². The molecule has 2 aromatic heterocycles. The summed E-state index contributed by atoms with van der Waals surface area (Å²) in [6.07, 6.45) is 0. The second kappa shape index (κ2) is 11.9. The molecule has 1 aliphatic rings. The van der Waals surface area contributed by atoms with Gasteiger partial charge >= 0.3 is 0 Å². The van der Waals surface area contributed by atoms with Crippen LogP contribution < -0.4 is 0 Å². The van der Waals surface area contributed by atoms with E-state index in [0.717, 1.165) is 16.7 Å². The van der Waals surface area contributed by atoms with E-state index in [1.165, 1.54) is 64.7 Å². The molecular weight excluding hydrogens is 651 g/mol. The average molecular weight is 684 g/mol. The van der Waals surface area contributed by atoms with Gasteiger partial charge in [-0.3, -0.25) is 0 Å². The van der Waals surface area contributed by atoms with Crippen LogP contribution in [0.25, 0.3) is 87.7 Å². The van der Waals surface area contributed by atoms with Gasteiger partial charge in [0.15, 0.2) is 17.5 Å². The highest BCUT2D eigenvalue weighted by Crippen LogP contribution is 2.49. The molecule has 0 amide bonds. The molecule has 2 heterocycles. The lowest BCUT2D eigenvalue weighted by Crippen LogP contribution is -2.14. The molecule has 0 bridgehead atoms. The Morgan fingerprint density at radius 1 is 0.385 bits per heavy atom. The Labute approximate surface area is 307 Å². The largest absolute Gasteiger partial charge is 0.208 e. The van der Waals surface area contributed by atoms with Gasteiger partial charge < -0.3 is 0 Å². The van der Waals surface area contributed by atoms with Crippen molar-refractivity contribution in [1.82, 2.24) is 15.0 Å². The molecule has 0 saturated heterocycles. The second-order valence-electron chi connectivity index (χ2n) is 14.0. The SMILES string of the molecule is CC1(C)c2ccccc2-c2ccc(-c3cccc(-c4ccc5sc6cccc(-c7nc(-c8ccccc8)nc(-c8ccccc8)n7)c6c5c4)c3)cc21. The van der Waals surface area contributed by atoms with Gasteiger partial charge in [-0.2, -0.15) is 0 Å². The summed E-state index contributed by atoms with van der Waals surface area (Å²) in [5.74, 6) is 2.00. The van der Waals surface area contributed by atoms with Gasteiger partial charge in [-0.15, -0.1) is 11.3 Å². The fraction of sp³-hybridized carbons (Fsp3) is 0.0625. The minimum atomic E-state index is -0.0372. The van der Waals surface area contributed by atoms with Crippen molar-refractivity contribution in [3.63, 3.8) is 0 Å². The molecule has 1 aliphatic carbocycles. The maximum atomic E-state index is 5.09. The number of hydrogen-bond acceptors (Lipinski definition) is 4. The fourth-order valence-electron chi connectivity index (χ4n) is 7.88. The Bertz CT molecular complexity index is 2760. The number of rotatable bonds is 5. The van der Waals surface area contributed by atoms with Gasteiger partial charge in [0.25, 0.3) is 0 Å². The molecule has 0 atom stereocenters. The number of nitrogens with zero attached hydrogens (tertiary/aromatic N) is 3. The highest BCUT2D eigenvalue weighted by molar-refractivity contribution is 7.26. The van der Waals surface area contributed by atoms with Crippen molar-refractivity contribution in [2.45, 2.75) is 19.3 Å². The van der Waals surface area contributed by atoms with Gasteiger partial charge in [-0.1, -0.05) is 147 Å². The van der Waals surface area contributed by atoms with E-state index in [1.807, 2.05) is 47.7 Å². The maximum absolute atomic E-state index is 5.09. The maximum Gasteiger partial charge on any atom is 0.164 e. The number of fused-ring (bicyclic) bond motifs is 6. The second-order valence-corrected chi connectivity index (χ2v) is 15.1. The minimum absolute atomic E-state index is 0.0372. The normalized spacial score (nSPS) is 13.0. The Morgan fingerprint density at radius 2 is 0.923 bits per heavy atom. The Hall–Kier alpha value is -6.23. The molecular formula is C48H33N3S. The monoisotopic (exact) mass is 683 g/mol. The van der Waals surface area contributed by atoms with E-state index in [0.29, 0.717) is 17.5 Å². The van der Waals surface area contributed by atoms with Gasteiger partial charge in [-0.25, -0.2) is 15.0 Å². The number of hydrogen-bond donors (Lipinski definition) is 0. The van der Waals surface area contributed by atoms with Gasteiger partial charge in [0, 0.05) is 42.3 Å². The van der Waals surface area contributed by atoms with E-state index in [1.54, 1.807) is 0 Å². The lowest BCUT2D eigenvalue weighted by Gasteiger charge is -2.22. The van der Waals surface area contributed by atoms with E-state index in [-0.39, 0.29) is 5.41 Å². The molecule has 0 aliphatic heterocycles. The van der Waals surface area contributed by atoms with Crippen LogP contribution in [0.5, 0.6) is 0 Å².